The van der Waals surface area contributed by atoms with Crippen LogP contribution in [0.1, 0.15) is 17.5 Å². The average Bonchev–Trinajstić information content (AvgIpc) is 2.67. The number of rotatable bonds is 10. The van der Waals surface area contributed by atoms with E-state index in [4.69, 9.17) is 9.47 Å². The van der Waals surface area contributed by atoms with Crippen molar-refractivity contribution in [1.29, 1.82) is 0 Å². The minimum Gasteiger partial charge on any atom is -0.493 e. The van der Waals surface area contributed by atoms with E-state index in [1.54, 1.807) is 14.2 Å². The van der Waals surface area contributed by atoms with E-state index < -0.39 is 0 Å². The van der Waals surface area contributed by atoms with Gasteiger partial charge in [0.25, 0.3) is 0 Å². The Morgan fingerprint density at radius 1 is 1.00 bits per heavy atom. The molecule has 0 radical (unpaired) electrons. The molecule has 2 aromatic rings. The van der Waals surface area contributed by atoms with E-state index in [1.807, 2.05) is 43.4 Å². The predicted molar refractivity (Wildman–Crippen MR) is 104 cm³/mol. The summed E-state index contributed by atoms with van der Waals surface area (Å²) in [6.45, 7) is 2.19. The summed E-state index contributed by atoms with van der Waals surface area (Å²) in [6.07, 6.45) is 1.25. The monoisotopic (exact) mass is 356 g/mol. The normalized spacial score (nSPS) is 10.6. The summed E-state index contributed by atoms with van der Waals surface area (Å²) in [5.74, 6) is 1.49. The first-order chi connectivity index (χ1) is 12.6. The summed E-state index contributed by atoms with van der Waals surface area (Å²) < 4.78 is 10.5. The highest BCUT2D eigenvalue weighted by Gasteiger charge is 2.07. The van der Waals surface area contributed by atoms with Gasteiger partial charge in [-0.2, -0.15) is 0 Å². The lowest BCUT2D eigenvalue weighted by Gasteiger charge is -2.16. The standard InChI is InChI=1S/C21H28N2O3/c1-23(16-18-7-5-4-6-8-18)14-12-21(24)22-13-11-17-9-10-19(25-2)20(15-17)26-3/h4-10,15H,11-14,16H2,1-3H3,(H,22,24). The molecule has 0 spiro atoms. The molecule has 2 rings (SSSR count). The highest BCUT2D eigenvalue weighted by Crippen LogP contribution is 2.27. The van der Waals surface area contributed by atoms with Gasteiger partial charge in [0, 0.05) is 26.1 Å². The number of methoxy groups -OCH3 is 2. The second-order valence-corrected chi connectivity index (χ2v) is 6.26. The van der Waals surface area contributed by atoms with Crippen molar-refractivity contribution in [2.24, 2.45) is 0 Å². The molecular formula is C21H28N2O3. The summed E-state index contributed by atoms with van der Waals surface area (Å²) in [5, 5.41) is 2.98. The lowest BCUT2D eigenvalue weighted by molar-refractivity contribution is -0.121. The van der Waals surface area contributed by atoms with Crippen LogP contribution < -0.4 is 14.8 Å². The minimum atomic E-state index is 0.0744. The number of benzene rings is 2. The van der Waals surface area contributed by atoms with E-state index >= 15 is 0 Å². The summed E-state index contributed by atoms with van der Waals surface area (Å²) in [5.41, 5.74) is 2.35. The summed E-state index contributed by atoms with van der Waals surface area (Å²) in [6, 6.07) is 16.1. The molecule has 1 amide bonds. The first kappa shape index (κ1) is 19.8. The van der Waals surface area contributed by atoms with Crippen LogP contribution in [0, 0.1) is 0 Å². The number of hydrogen-bond donors (Lipinski definition) is 1. The zero-order valence-electron chi connectivity index (χ0n) is 15.8. The van der Waals surface area contributed by atoms with Gasteiger partial charge in [-0.3, -0.25) is 4.79 Å². The van der Waals surface area contributed by atoms with E-state index in [-0.39, 0.29) is 5.91 Å². The van der Waals surface area contributed by atoms with Gasteiger partial charge in [-0.15, -0.1) is 0 Å². The van der Waals surface area contributed by atoms with Crippen LogP contribution in [0.5, 0.6) is 11.5 Å². The Morgan fingerprint density at radius 3 is 2.42 bits per heavy atom. The molecule has 0 aliphatic heterocycles. The predicted octanol–water partition coefficient (Wildman–Crippen LogP) is 2.88. The Bertz CT molecular complexity index is 689. The van der Waals surface area contributed by atoms with Crippen LogP contribution in [-0.2, 0) is 17.8 Å². The van der Waals surface area contributed by atoms with E-state index in [2.05, 4.69) is 22.3 Å². The van der Waals surface area contributed by atoms with Crippen molar-refractivity contribution in [2.45, 2.75) is 19.4 Å². The molecule has 26 heavy (non-hydrogen) atoms. The molecule has 0 aliphatic carbocycles. The zero-order valence-corrected chi connectivity index (χ0v) is 15.8. The van der Waals surface area contributed by atoms with Gasteiger partial charge in [0.15, 0.2) is 11.5 Å². The van der Waals surface area contributed by atoms with E-state index in [1.165, 1.54) is 5.56 Å². The van der Waals surface area contributed by atoms with Crippen molar-refractivity contribution in [3.05, 3.63) is 59.7 Å². The molecule has 0 saturated carbocycles. The molecule has 0 aliphatic rings. The number of carbonyl (C=O) groups excluding carboxylic acids is 1. The number of carbonyl (C=O) groups is 1. The molecule has 2 aromatic carbocycles. The van der Waals surface area contributed by atoms with Gasteiger partial charge in [-0.25, -0.2) is 0 Å². The average molecular weight is 356 g/mol. The van der Waals surface area contributed by atoms with Crippen LogP contribution in [0.15, 0.2) is 48.5 Å². The Hall–Kier alpha value is -2.53. The van der Waals surface area contributed by atoms with Crippen molar-refractivity contribution in [1.82, 2.24) is 10.2 Å². The van der Waals surface area contributed by atoms with E-state index in [9.17, 15) is 4.79 Å². The molecule has 0 heterocycles. The van der Waals surface area contributed by atoms with E-state index in [0.717, 1.165) is 25.1 Å². The van der Waals surface area contributed by atoms with Crippen molar-refractivity contribution in [3.8, 4) is 11.5 Å². The topological polar surface area (TPSA) is 50.8 Å². The Labute approximate surface area is 155 Å². The van der Waals surface area contributed by atoms with Crippen molar-refractivity contribution >= 4 is 5.91 Å². The maximum absolute atomic E-state index is 12.0. The first-order valence-electron chi connectivity index (χ1n) is 8.82. The molecule has 0 unspecified atom stereocenters. The van der Waals surface area contributed by atoms with Crippen LogP contribution in [0.2, 0.25) is 0 Å². The smallest absolute Gasteiger partial charge is 0.221 e. The van der Waals surface area contributed by atoms with Crippen LogP contribution >= 0.6 is 0 Å². The quantitative estimate of drug-likeness (QED) is 0.711. The van der Waals surface area contributed by atoms with Crippen LogP contribution in [-0.4, -0.2) is 45.2 Å². The highest BCUT2D eigenvalue weighted by atomic mass is 16.5. The number of ether oxygens (including phenoxy) is 2. The molecule has 5 heteroatoms. The fraction of sp³-hybridized carbons (Fsp3) is 0.381. The van der Waals surface area contributed by atoms with Gasteiger partial charge in [0.1, 0.15) is 0 Å². The highest BCUT2D eigenvalue weighted by molar-refractivity contribution is 5.76. The lowest BCUT2D eigenvalue weighted by atomic mass is 10.1. The van der Waals surface area contributed by atoms with Crippen LogP contribution in [0.4, 0.5) is 0 Å². The van der Waals surface area contributed by atoms with Gasteiger partial charge in [-0.1, -0.05) is 36.4 Å². The van der Waals surface area contributed by atoms with Gasteiger partial charge < -0.3 is 19.7 Å². The third kappa shape index (κ3) is 6.41. The van der Waals surface area contributed by atoms with Gasteiger partial charge in [0.05, 0.1) is 14.2 Å². The van der Waals surface area contributed by atoms with Gasteiger partial charge in [0.2, 0.25) is 5.91 Å². The maximum Gasteiger partial charge on any atom is 0.221 e. The molecule has 0 bridgehead atoms. The third-order valence-electron chi connectivity index (χ3n) is 4.20. The third-order valence-corrected chi connectivity index (χ3v) is 4.20. The first-order valence-corrected chi connectivity index (χ1v) is 8.82. The molecule has 5 nitrogen and oxygen atoms in total. The zero-order chi connectivity index (χ0) is 18.8. The van der Waals surface area contributed by atoms with Gasteiger partial charge in [-0.05, 0) is 36.7 Å². The molecule has 0 atom stereocenters. The number of nitrogens with one attached hydrogen (secondary N) is 1. The van der Waals surface area contributed by atoms with Crippen molar-refractivity contribution < 1.29 is 14.3 Å². The summed E-state index contributed by atoms with van der Waals surface area (Å²) in [4.78, 5) is 14.2. The molecule has 1 N–H and O–H groups in total. The molecule has 0 fully saturated rings. The molecule has 0 aromatic heterocycles. The van der Waals surface area contributed by atoms with Crippen molar-refractivity contribution in [3.63, 3.8) is 0 Å². The fourth-order valence-corrected chi connectivity index (χ4v) is 2.74. The number of nitrogens with zero attached hydrogens (tertiary/aromatic N) is 1. The second kappa shape index (κ2) is 10.5. The molecular weight excluding hydrogens is 328 g/mol. The molecule has 0 saturated heterocycles. The van der Waals surface area contributed by atoms with E-state index in [0.29, 0.717) is 24.5 Å². The second-order valence-electron chi connectivity index (χ2n) is 6.26. The Morgan fingerprint density at radius 2 is 1.73 bits per heavy atom. The van der Waals surface area contributed by atoms with Crippen molar-refractivity contribution in [2.75, 3.05) is 34.4 Å². The van der Waals surface area contributed by atoms with Gasteiger partial charge >= 0.3 is 0 Å². The van der Waals surface area contributed by atoms with Crippen LogP contribution in [0.3, 0.4) is 0 Å². The minimum absolute atomic E-state index is 0.0744. The summed E-state index contributed by atoms with van der Waals surface area (Å²) in [7, 11) is 5.27. The maximum atomic E-state index is 12.0. The van der Waals surface area contributed by atoms with Crippen LogP contribution in [0.25, 0.3) is 0 Å². The fourth-order valence-electron chi connectivity index (χ4n) is 2.74. The Balaban J connectivity index is 1.68. The Kier molecular flexibility index (Phi) is 7.96. The number of hydrogen-bond acceptors (Lipinski definition) is 4. The SMILES string of the molecule is COc1ccc(CCNC(=O)CCN(C)Cc2ccccc2)cc1OC. The summed E-state index contributed by atoms with van der Waals surface area (Å²) >= 11 is 0. The largest absolute Gasteiger partial charge is 0.493 e. The number of amides is 1. The lowest BCUT2D eigenvalue weighted by Crippen LogP contribution is -2.30. The molecule has 140 valence electrons.